The maximum atomic E-state index is 12.3. The average Bonchev–Trinajstić information content (AvgIpc) is 3.04. The monoisotopic (exact) mass is 309 g/mol. The molecule has 2 unspecified atom stereocenters. The van der Waals surface area contributed by atoms with E-state index in [-0.39, 0.29) is 23.8 Å². The van der Waals surface area contributed by atoms with E-state index >= 15 is 0 Å². The third-order valence-corrected chi connectivity index (χ3v) is 4.18. The lowest BCUT2D eigenvalue weighted by atomic mass is 10.0. The molecule has 1 aromatic carbocycles. The fourth-order valence-electron chi connectivity index (χ4n) is 2.67. The average molecular weight is 310 g/mol. The Morgan fingerprint density at radius 2 is 2.24 bits per heavy atom. The summed E-state index contributed by atoms with van der Waals surface area (Å²) in [5, 5.41) is 9.03. The molecule has 2 amide bonds. The van der Waals surface area contributed by atoms with Crippen LogP contribution in [0.1, 0.15) is 5.56 Å². The number of benzene rings is 1. The fraction of sp³-hybridized carbons (Fsp3) is 0.429. The number of amides is 2. The predicted octanol–water partition coefficient (Wildman–Crippen LogP) is 1.01. The van der Waals surface area contributed by atoms with Crippen LogP contribution in [0.4, 0.5) is 11.4 Å². The second kappa shape index (κ2) is 5.63. The summed E-state index contributed by atoms with van der Waals surface area (Å²) in [5.41, 5.74) is 2.08. The van der Waals surface area contributed by atoms with E-state index in [9.17, 15) is 9.59 Å². The first-order chi connectivity index (χ1) is 10.1. The Labute approximate surface area is 127 Å². The number of nitrogens with one attached hydrogen (secondary N) is 3. The highest BCUT2D eigenvalue weighted by atomic mass is 35.5. The molecule has 3 N–H and O–H groups in total. The van der Waals surface area contributed by atoms with Crippen LogP contribution in [0.25, 0.3) is 0 Å². The van der Waals surface area contributed by atoms with Crippen LogP contribution < -0.4 is 16.0 Å². The van der Waals surface area contributed by atoms with Gasteiger partial charge in [0.15, 0.2) is 0 Å². The first-order valence-corrected chi connectivity index (χ1v) is 7.14. The van der Waals surface area contributed by atoms with Crippen molar-refractivity contribution < 1.29 is 14.3 Å². The Hall–Kier alpha value is -1.63. The molecule has 21 heavy (non-hydrogen) atoms. The molecule has 7 heteroatoms. The minimum absolute atomic E-state index is 0.00134. The normalized spacial score (nSPS) is 23.8. The summed E-state index contributed by atoms with van der Waals surface area (Å²) in [4.78, 5) is 23.7. The number of fused-ring (bicyclic) bond motifs is 1. The Morgan fingerprint density at radius 1 is 1.43 bits per heavy atom. The van der Waals surface area contributed by atoms with Crippen molar-refractivity contribution in [2.45, 2.75) is 12.5 Å². The molecule has 2 aliphatic rings. The van der Waals surface area contributed by atoms with Crippen molar-refractivity contribution in [1.82, 2.24) is 5.32 Å². The lowest BCUT2D eigenvalue weighted by Gasteiger charge is -2.17. The second-order valence-corrected chi connectivity index (χ2v) is 5.65. The zero-order valence-electron chi connectivity index (χ0n) is 11.5. The summed E-state index contributed by atoms with van der Waals surface area (Å²) in [7, 11) is 1.80. The molecule has 1 fully saturated rings. The van der Waals surface area contributed by atoms with Crippen molar-refractivity contribution in [2.75, 3.05) is 30.9 Å². The highest BCUT2D eigenvalue weighted by molar-refractivity contribution is 6.34. The molecular formula is C14H16ClN3O3. The van der Waals surface area contributed by atoms with E-state index in [0.29, 0.717) is 36.0 Å². The number of hydrogen-bond donors (Lipinski definition) is 3. The third-order valence-electron chi connectivity index (χ3n) is 3.86. The molecule has 0 spiro atoms. The number of ether oxygens (including phenoxy) is 1. The van der Waals surface area contributed by atoms with Gasteiger partial charge in [-0.1, -0.05) is 11.6 Å². The van der Waals surface area contributed by atoms with E-state index in [2.05, 4.69) is 16.0 Å². The van der Waals surface area contributed by atoms with Crippen LogP contribution >= 0.6 is 11.6 Å². The van der Waals surface area contributed by atoms with Gasteiger partial charge in [-0.3, -0.25) is 9.59 Å². The first kappa shape index (κ1) is 14.3. The summed E-state index contributed by atoms with van der Waals surface area (Å²) in [6.07, 6.45) is 0.307. The summed E-state index contributed by atoms with van der Waals surface area (Å²) in [5.74, 6) is -0.450. The van der Waals surface area contributed by atoms with E-state index in [1.807, 2.05) is 0 Å². The number of rotatable bonds is 3. The van der Waals surface area contributed by atoms with E-state index in [4.69, 9.17) is 16.3 Å². The summed E-state index contributed by atoms with van der Waals surface area (Å²) >= 11 is 6.16. The lowest BCUT2D eigenvalue weighted by Crippen LogP contribution is -2.39. The molecular weight excluding hydrogens is 294 g/mol. The van der Waals surface area contributed by atoms with Gasteiger partial charge in [0.25, 0.3) is 0 Å². The molecule has 112 valence electrons. The molecule has 0 saturated carbocycles. The topological polar surface area (TPSA) is 79.5 Å². The molecule has 3 rings (SSSR count). The van der Waals surface area contributed by atoms with Gasteiger partial charge in [0.2, 0.25) is 11.8 Å². The van der Waals surface area contributed by atoms with Crippen LogP contribution in [0.5, 0.6) is 0 Å². The Kier molecular flexibility index (Phi) is 3.84. The number of anilines is 2. The molecule has 0 aliphatic carbocycles. The van der Waals surface area contributed by atoms with E-state index in [0.717, 1.165) is 5.56 Å². The van der Waals surface area contributed by atoms with Gasteiger partial charge in [0, 0.05) is 11.7 Å². The van der Waals surface area contributed by atoms with E-state index in [1.54, 1.807) is 19.2 Å². The van der Waals surface area contributed by atoms with Crippen LogP contribution in [0.15, 0.2) is 12.1 Å². The van der Waals surface area contributed by atoms with Crippen LogP contribution in [0.2, 0.25) is 5.02 Å². The second-order valence-electron chi connectivity index (χ2n) is 5.24. The summed E-state index contributed by atoms with van der Waals surface area (Å²) in [6.45, 7) is 0.908. The standard InChI is InChI=1S/C14H16ClN3O3/c1-16-12-6-21-5-8(12)14(20)18-11-2-7-3-13(19)17-10(7)4-9(11)15/h2,4,8,12,16H,3,5-6H2,1H3,(H,17,19)(H,18,20). The predicted molar refractivity (Wildman–Crippen MR) is 79.6 cm³/mol. The first-order valence-electron chi connectivity index (χ1n) is 6.76. The molecule has 0 radical (unpaired) electrons. The van der Waals surface area contributed by atoms with Gasteiger partial charge in [0.1, 0.15) is 0 Å². The molecule has 1 saturated heterocycles. The minimum Gasteiger partial charge on any atom is -0.379 e. The minimum atomic E-state index is -0.251. The summed E-state index contributed by atoms with van der Waals surface area (Å²) < 4.78 is 5.33. The van der Waals surface area contributed by atoms with Crippen molar-refractivity contribution >= 4 is 34.8 Å². The van der Waals surface area contributed by atoms with E-state index < -0.39 is 0 Å². The van der Waals surface area contributed by atoms with Gasteiger partial charge >= 0.3 is 0 Å². The van der Waals surface area contributed by atoms with Gasteiger partial charge in [-0.25, -0.2) is 0 Å². The van der Waals surface area contributed by atoms with Crippen LogP contribution in [0.3, 0.4) is 0 Å². The molecule has 2 atom stereocenters. The third kappa shape index (κ3) is 2.74. The van der Waals surface area contributed by atoms with Gasteiger partial charge in [-0.05, 0) is 24.7 Å². The van der Waals surface area contributed by atoms with Gasteiger partial charge < -0.3 is 20.7 Å². The van der Waals surface area contributed by atoms with Crippen LogP contribution in [-0.4, -0.2) is 38.1 Å². The zero-order valence-corrected chi connectivity index (χ0v) is 12.3. The Balaban J connectivity index is 1.78. The van der Waals surface area contributed by atoms with Crippen molar-refractivity contribution in [3.05, 3.63) is 22.7 Å². The molecule has 0 aromatic heterocycles. The smallest absolute Gasteiger partial charge is 0.231 e. The fourth-order valence-corrected chi connectivity index (χ4v) is 2.88. The van der Waals surface area contributed by atoms with Crippen molar-refractivity contribution in [1.29, 1.82) is 0 Å². The van der Waals surface area contributed by atoms with Gasteiger partial charge in [-0.2, -0.15) is 0 Å². The largest absolute Gasteiger partial charge is 0.379 e. The Morgan fingerprint density at radius 3 is 3.00 bits per heavy atom. The van der Waals surface area contributed by atoms with Crippen molar-refractivity contribution in [2.24, 2.45) is 5.92 Å². The number of carbonyl (C=O) groups is 2. The van der Waals surface area contributed by atoms with Gasteiger partial charge in [0.05, 0.1) is 36.3 Å². The summed E-state index contributed by atoms with van der Waals surface area (Å²) in [6, 6.07) is 3.41. The molecule has 0 bridgehead atoms. The van der Waals surface area contributed by atoms with Gasteiger partial charge in [-0.15, -0.1) is 0 Å². The quantitative estimate of drug-likeness (QED) is 0.778. The zero-order chi connectivity index (χ0) is 15.0. The lowest BCUT2D eigenvalue weighted by molar-refractivity contribution is -0.120. The maximum Gasteiger partial charge on any atom is 0.231 e. The highest BCUT2D eigenvalue weighted by Crippen LogP contribution is 2.33. The highest BCUT2D eigenvalue weighted by Gasteiger charge is 2.33. The molecule has 6 nitrogen and oxygen atoms in total. The Bertz CT molecular complexity index is 605. The van der Waals surface area contributed by atoms with Crippen molar-refractivity contribution in [3.8, 4) is 0 Å². The number of hydrogen-bond acceptors (Lipinski definition) is 4. The maximum absolute atomic E-state index is 12.3. The van der Waals surface area contributed by atoms with E-state index in [1.165, 1.54) is 0 Å². The van der Waals surface area contributed by atoms with Crippen LogP contribution in [-0.2, 0) is 20.7 Å². The number of halogens is 1. The molecule has 2 heterocycles. The molecule has 1 aromatic rings. The van der Waals surface area contributed by atoms with Crippen LogP contribution in [0, 0.1) is 5.92 Å². The SMILES string of the molecule is CNC1COCC1C(=O)Nc1cc2c(cc1Cl)NC(=O)C2. The number of likely N-dealkylation sites (N-methyl/N-ethyl adjacent to an activating group) is 1. The number of carbonyl (C=O) groups excluding carboxylic acids is 2. The van der Waals surface area contributed by atoms with Crippen molar-refractivity contribution in [3.63, 3.8) is 0 Å². The molecule has 2 aliphatic heterocycles.